The number of aromatic hydroxyl groups is 1. The average molecular weight is 313 g/mol. The second kappa shape index (κ2) is 5.72. The fourth-order valence-electron chi connectivity index (χ4n) is 2.95. The fraction of sp³-hybridized carbons (Fsp3) is 0.444. The summed E-state index contributed by atoms with van der Waals surface area (Å²) >= 11 is 0. The molecule has 2 heterocycles. The van der Waals surface area contributed by atoms with Gasteiger partial charge in [-0.2, -0.15) is 5.10 Å². The van der Waals surface area contributed by atoms with E-state index >= 15 is 0 Å². The quantitative estimate of drug-likeness (QED) is 0.696. The molecule has 1 aromatic carbocycles. The number of hydrogen-bond donors (Lipinski definition) is 1. The molecule has 1 unspecified atom stereocenters. The van der Waals surface area contributed by atoms with Crippen molar-refractivity contribution in [2.24, 2.45) is 5.10 Å². The summed E-state index contributed by atoms with van der Waals surface area (Å²) < 4.78 is 6.33. The Morgan fingerprint density at radius 3 is 2.83 bits per heavy atom. The third-order valence-electron chi connectivity index (χ3n) is 4.36. The third-order valence-corrected chi connectivity index (χ3v) is 4.36. The van der Waals surface area contributed by atoms with E-state index in [2.05, 4.69) is 30.0 Å². The van der Waals surface area contributed by atoms with Gasteiger partial charge in [0, 0.05) is 37.7 Å². The Morgan fingerprint density at radius 2 is 2.17 bits per heavy atom. The van der Waals surface area contributed by atoms with E-state index in [9.17, 15) is 5.11 Å². The zero-order valence-electron chi connectivity index (χ0n) is 14.1. The third kappa shape index (κ3) is 2.71. The van der Waals surface area contributed by atoms with Crippen LogP contribution in [0.15, 0.2) is 23.4 Å². The second-order valence-corrected chi connectivity index (χ2v) is 6.27. The molecule has 2 aromatic rings. The smallest absolute Gasteiger partial charge is 0.150 e. The molecule has 1 aromatic heterocycles. The van der Waals surface area contributed by atoms with Crippen molar-refractivity contribution in [3.05, 3.63) is 29.5 Å². The molecule has 0 fully saturated rings. The molecule has 0 saturated heterocycles. The van der Waals surface area contributed by atoms with E-state index in [0.717, 1.165) is 35.1 Å². The lowest BCUT2D eigenvalue weighted by atomic mass is 9.95. The molecule has 5 nitrogen and oxygen atoms in total. The van der Waals surface area contributed by atoms with E-state index in [1.807, 2.05) is 26.5 Å². The second-order valence-electron chi connectivity index (χ2n) is 6.27. The van der Waals surface area contributed by atoms with E-state index in [0.29, 0.717) is 11.9 Å². The summed E-state index contributed by atoms with van der Waals surface area (Å²) in [7, 11) is 3.78. The van der Waals surface area contributed by atoms with Crippen molar-refractivity contribution in [3.8, 4) is 11.5 Å². The average Bonchev–Trinajstić information content (AvgIpc) is 2.92. The van der Waals surface area contributed by atoms with E-state index < -0.39 is 5.60 Å². The number of pyridine rings is 1. The zero-order chi connectivity index (χ0) is 16.6. The highest BCUT2D eigenvalue weighted by Crippen LogP contribution is 2.44. The molecular weight excluding hydrogens is 290 g/mol. The summed E-state index contributed by atoms with van der Waals surface area (Å²) in [6.07, 6.45) is 6.09. The van der Waals surface area contributed by atoms with Crippen LogP contribution in [0, 0.1) is 0 Å². The van der Waals surface area contributed by atoms with Gasteiger partial charge in [0.1, 0.15) is 22.6 Å². The lowest BCUT2D eigenvalue weighted by Gasteiger charge is -2.23. The van der Waals surface area contributed by atoms with Gasteiger partial charge in [0.05, 0.1) is 6.21 Å². The van der Waals surface area contributed by atoms with Crippen molar-refractivity contribution in [1.29, 1.82) is 0 Å². The summed E-state index contributed by atoms with van der Waals surface area (Å²) in [4.78, 5) is 4.40. The molecule has 1 atom stereocenters. The van der Waals surface area contributed by atoms with Gasteiger partial charge >= 0.3 is 0 Å². The van der Waals surface area contributed by atoms with Gasteiger partial charge in [-0.1, -0.05) is 13.8 Å². The first-order chi connectivity index (χ1) is 11.0. The topological polar surface area (TPSA) is 58.0 Å². The lowest BCUT2D eigenvalue weighted by Crippen LogP contribution is -2.36. The SMILES string of the molecule is CCc1cnc2c(O)cc3c(c2c1)OC(/C=N/N(C)C)(CC)C3. The Kier molecular flexibility index (Phi) is 3.88. The molecule has 0 aliphatic carbocycles. The van der Waals surface area contributed by atoms with Gasteiger partial charge in [0.15, 0.2) is 0 Å². The van der Waals surface area contributed by atoms with Crippen LogP contribution in [-0.2, 0) is 12.8 Å². The number of hydrazone groups is 1. The summed E-state index contributed by atoms with van der Waals surface area (Å²) in [5, 5.41) is 17.3. The molecule has 5 heteroatoms. The maximum absolute atomic E-state index is 10.3. The number of benzene rings is 1. The highest BCUT2D eigenvalue weighted by Gasteiger charge is 2.38. The van der Waals surface area contributed by atoms with Gasteiger partial charge in [-0.3, -0.25) is 4.98 Å². The summed E-state index contributed by atoms with van der Waals surface area (Å²) in [5.74, 6) is 1.04. The monoisotopic (exact) mass is 313 g/mol. The van der Waals surface area contributed by atoms with Crippen molar-refractivity contribution in [3.63, 3.8) is 0 Å². The van der Waals surface area contributed by atoms with Gasteiger partial charge in [-0.05, 0) is 30.5 Å². The summed E-state index contributed by atoms with van der Waals surface area (Å²) in [6, 6.07) is 3.84. The van der Waals surface area contributed by atoms with Gasteiger partial charge in [-0.15, -0.1) is 0 Å². The first-order valence-corrected chi connectivity index (χ1v) is 8.03. The molecule has 3 rings (SSSR count). The van der Waals surface area contributed by atoms with Gasteiger partial charge in [-0.25, -0.2) is 0 Å². The molecule has 1 aliphatic rings. The zero-order valence-corrected chi connectivity index (χ0v) is 14.1. The van der Waals surface area contributed by atoms with Crippen LogP contribution >= 0.6 is 0 Å². The van der Waals surface area contributed by atoms with E-state index in [1.165, 1.54) is 0 Å². The van der Waals surface area contributed by atoms with Crippen LogP contribution in [-0.4, -0.2) is 41.0 Å². The number of aromatic nitrogens is 1. The fourth-order valence-corrected chi connectivity index (χ4v) is 2.95. The Bertz CT molecular complexity index is 770. The Labute approximate surface area is 136 Å². The summed E-state index contributed by atoms with van der Waals surface area (Å²) in [5.41, 5.74) is 2.27. The molecule has 122 valence electrons. The largest absolute Gasteiger partial charge is 0.506 e. The van der Waals surface area contributed by atoms with Crippen LogP contribution in [0.25, 0.3) is 10.9 Å². The van der Waals surface area contributed by atoms with E-state index in [4.69, 9.17) is 4.74 Å². The number of phenolic OH excluding ortho intramolecular Hbond substituents is 1. The Morgan fingerprint density at radius 1 is 1.39 bits per heavy atom. The van der Waals surface area contributed by atoms with Crippen LogP contribution in [0.5, 0.6) is 11.5 Å². The maximum Gasteiger partial charge on any atom is 0.150 e. The van der Waals surface area contributed by atoms with Crippen molar-refractivity contribution in [2.75, 3.05) is 14.1 Å². The Hall–Kier alpha value is -2.30. The van der Waals surface area contributed by atoms with Crippen molar-refractivity contribution < 1.29 is 9.84 Å². The van der Waals surface area contributed by atoms with Crippen LogP contribution < -0.4 is 4.74 Å². The number of rotatable bonds is 4. The number of ether oxygens (including phenoxy) is 1. The molecule has 0 radical (unpaired) electrons. The standard InChI is InChI=1S/C18H23N3O2/c1-5-12-7-14-16(19-10-12)15(22)8-13-9-18(6-2,23-17(13)14)11-20-21(3)4/h7-8,10-11,22H,5-6,9H2,1-4H3/b20-11+. The summed E-state index contributed by atoms with van der Waals surface area (Å²) in [6.45, 7) is 4.18. The predicted molar refractivity (Wildman–Crippen MR) is 92.3 cm³/mol. The number of fused-ring (bicyclic) bond motifs is 3. The minimum Gasteiger partial charge on any atom is -0.506 e. The number of nitrogens with zero attached hydrogens (tertiary/aromatic N) is 3. The highest BCUT2D eigenvalue weighted by atomic mass is 16.5. The highest BCUT2D eigenvalue weighted by molar-refractivity contribution is 5.93. The van der Waals surface area contributed by atoms with Crippen LogP contribution in [0.4, 0.5) is 0 Å². The number of aryl methyl sites for hydroxylation is 1. The first-order valence-electron chi connectivity index (χ1n) is 8.03. The van der Waals surface area contributed by atoms with Gasteiger partial charge in [0.2, 0.25) is 0 Å². The normalized spacial score (nSPS) is 20.0. The maximum atomic E-state index is 10.3. The van der Waals surface area contributed by atoms with E-state index in [1.54, 1.807) is 11.1 Å². The van der Waals surface area contributed by atoms with Crippen molar-refractivity contribution >= 4 is 17.1 Å². The minimum atomic E-state index is -0.463. The molecule has 0 spiro atoms. The molecule has 23 heavy (non-hydrogen) atoms. The van der Waals surface area contributed by atoms with Crippen LogP contribution in [0.1, 0.15) is 31.4 Å². The molecule has 0 bridgehead atoms. The van der Waals surface area contributed by atoms with E-state index in [-0.39, 0.29) is 5.75 Å². The van der Waals surface area contributed by atoms with Crippen molar-refractivity contribution in [2.45, 2.75) is 38.7 Å². The lowest BCUT2D eigenvalue weighted by molar-refractivity contribution is 0.170. The predicted octanol–water partition coefficient (Wildman–Crippen LogP) is 3.13. The minimum absolute atomic E-state index is 0.210. The molecular formula is C18H23N3O2. The number of phenols is 1. The van der Waals surface area contributed by atoms with Crippen LogP contribution in [0.3, 0.4) is 0 Å². The first kappa shape index (κ1) is 15.6. The number of hydrogen-bond acceptors (Lipinski definition) is 5. The molecule has 1 N–H and O–H groups in total. The molecule has 1 aliphatic heterocycles. The molecule has 0 amide bonds. The van der Waals surface area contributed by atoms with Crippen LogP contribution in [0.2, 0.25) is 0 Å². The molecule has 0 saturated carbocycles. The van der Waals surface area contributed by atoms with Gasteiger partial charge in [0.25, 0.3) is 0 Å². The van der Waals surface area contributed by atoms with Gasteiger partial charge < -0.3 is 14.9 Å². The van der Waals surface area contributed by atoms with Crippen molar-refractivity contribution in [1.82, 2.24) is 9.99 Å². The Balaban J connectivity index is 2.12.